The van der Waals surface area contributed by atoms with Crippen LogP contribution < -0.4 is 9.31 Å². The monoisotopic (exact) mass is 510 g/mol. The normalized spacial score (nSPS) is 13.2. The van der Waals surface area contributed by atoms with E-state index in [1.54, 1.807) is 0 Å². The molecule has 206 valence electrons. The van der Waals surface area contributed by atoms with Crippen LogP contribution in [0.5, 0.6) is 11.5 Å². The van der Waals surface area contributed by atoms with Crippen molar-refractivity contribution < 1.29 is 18.4 Å². The summed E-state index contributed by atoms with van der Waals surface area (Å²) >= 11 is 0. The summed E-state index contributed by atoms with van der Waals surface area (Å²) in [6, 6.07) is 20.2. The number of quaternary nitrogens is 1. The van der Waals surface area contributed by atoms with Gasteiger partial charge in [0, 0.05) is 6.42 Å². The van der Waals surface area contributed by atoms with E-state index in [9.17, 15) is 0 Å². The molecule has 2 rings (SSSR count). The van der Waals surface area contributed by atoms with Gasteiger partial charge in [0.15, 0.2) is 0 Å². The van der Waals surface area contributed by atoms with Crippen molar-refractivity contribution in [2.75, 3.05) is 19.6 Å². The molecule has 2 atom stereocenters. The number of benzene rings is 2. The molecule has 0 bridgehead atoms. The third-order valence-electron chi connectivity index (χ3n) is 7.40. The zero-order chi connectivity index (χ0) is 26.8. The number of hydrogen-bond acceptors (Lipinski definition) is 3. The molecule has 0 N–H and O–H groups in total. The first-order valence-electron chi connectivity index (χ1n) is 15.1. The van der Waals surface area contributed by atoms with Crippen molar-refractivity contribution in [3.05, 3.63) is 60.7 Å². The smallest absolute Gasteiger partial charge is 0.501 e. The Bertz CT molecular complexity index is 741. The second-order valence-corrected chi connectivity index (χ2v) is 10.4. The fourth-order valence-electron chi connectivity index (χ4n) is 5.44. The number of unbranched alkanes of at least 4 members (excludes halogenated alkanes) is 3. The number of hydrogen-bond donors (Lipinski definition) is 0. The maximum Gasteiger partial charge on any atom is 0.788 e. The van der Waals surface area contributed by atoms with Crippen LogP contribution in [0.2, 0.25) is 0 Å². The fraction of sp³-hybridized carbons (Fsp3) is 0.625. The van der Waals surface area contributed by atoms with Crippen molar-refractivity contribution in [3.63, 3.8) is 0 Å². The molecular weight excluding hydrogens is 457 g/mol. The summed E-state index contributed by atoms with van der Waals surface area (Å²) in [6.07, 6.45) is 11.9. The highest BCUT2D eigenvalue weighted by Crippen LogP contribution is 2.30. The van der Waals surface area contributed by atoms with E-state index < -0.39 is 7.32 Å². The Morgan fingerprint density at radius 3 is 1.41 bits per heavy atom. The Balaban J connectivity index is 2.43. The predicted molar refractivity (Wildman–Crippen MR) is 158 cm³/mol. The molecule has 0 saturated heterocycles. The first kappa shape index (κ1) is 31.2. The number of para-hydroxylation sites is 2. The number of rotatable bonds is 21. The quantitative estimate of drug-likeness (QED) is 0.124. The lowest BCUT2D eigenvalue weighted by molar-refractivity contribution is -0.955. The molecule has 0 fully saturated rings. The minimum atomic E-state index is -0.800. The summed E-state index contributed by atoms with van der Waals surface area (Å²) in [5.41, 5.74) is 0. The predicted octanol–water partition coefficient (Wildman–Crippen LogP) is 8.70. The van der Waals surface area contributed by atoms with Gasteiger partial charge in [-0.1, -0.05) is 103 Å². The molecule has 0 saturated carbocycles. The molecule has 2 aromatic rings. The third-order valence-corrected chi connectivity index (χ3v) is 7.40. The van der Waals surface area contributed by atoms with Gasteiger partial charge in [-0.15, -0.1) is 0 Å². The summed E-state index contributed by atoms with van der Waals surface area (Å²) < 4.78 is 20.7. The van der Waals surface area contributed by atoms with Crippen molar-refractivity contribution in [1.82, 2.24) is 0 Å². The highest BCUT2D eigenvalue weighted by Gasteiger charge is 2.44. The second kappa shape index (κ2) is 18.3. The van der Waals surface area contributed by atoms with Crippen LogP contribution in [0.3, 0.4) is 0 Å². The topological polar surface area (TPSA) is 27.7 Å². The van der Waals surface area contributed by atoms with E-state index in [2.05, 4.69) is 34.6 Å². The zero-order valence-corrected chi connectivity index (χ0v) is 24.4. The molecular formula is C32H53BNO3+. The van der Waals surface area contributed by atoms with Gasteiger partial charge in [-0.05, 0) is 49.9 Å². The maximum absolute atomic E-state index is 6.90. The molecule has 4 nitrogen and oxygen atoms in total. The first-order chi connectivity index (χ1) is 18.1. The van der Waals surface area contributed by atoms with Gasteiger partial charge in [-0.2, -0.15) is 0 Å². The zero-order valence-electron chi connectivity index (χ0n) is 24.4. The summed E-state index contributed by atoms with van der Waals surface area (Å²) in [7, 11) is -0.800. The van der Waals surface area contributed by atoms with E-state index >= 15 is 0 Å². The molecule has 5 heteroatoms. The molecule has 0 radical (unpaired) electrons. The lowest BCUT2D eigenvalue weighted by Gasteiger charge is -2.48. The minimum absolute atomic E-state index is 0.0629. The van der Waals surface area contributed by atoms with Crippen LogP contribution in [0.1, 0.15) is 98.8 Å². The van der Waals surface area contributed by atoms with E-state index in [-0.39, 0.29) is 6.10 Å². The van der Waals surface area contributed by atoms with E-state index in [0.29, 0.717) is 6.04 Å². The molecule has 0 aromatic heterocycles. The lowest BCUT2D eigenvalue weighted by Crippen LogP contribution is -2.62. The van der Waals surface area contributed by atoms with Crippen molar-refractivity contribution in [2.24, 2.45) is 0 Å². The van der Waals surface area contributed by atoms with Crippen LogP contribution in [0.25, 0.3) is 0 Å². The van der Waals surface area contributed by atoms with Gasteiger partial charge in [-0.3, -0.25) is 0 Å². The molecule has 0 aliphatic rings. The van der Waals surface area contributed by atoms with Gasteiger partial charge in [-0.25, -0.2) is 0 Å². The highest BCUT2D eigenvalue weighted by molar-refractivity contribution is 6.38. The van der Waals surface area contributed by atoms with Crippen molar-refractivity contribution in [1.29, 1.82) is 0 Å². The van der Waals surface area contributed by atoms with Crippen LogP contribution in [0.15, 0.2) is 60.7 Å². The number of nitrogens with zero attached hydrogens (tertiary/aromatic N) is 1. The standard InChI is InChI=1S/C32H53BNO3/c1-6-11-26-34(27-12-7-2,28-13-8-3)31(20-9-4)32(21-10-5)37-33(35-29-22-16-14-17-23-29)36-30-24-18-15-19-25-30/h14-19,22-25,31-32H,6-13,20-21,26-28H2,1-5H3/q+1. The average molecular weight is 511 g/mol. The Kier molecular flexibility index (Phi) is 15.5. The van der Waals surface area contributed by atoms with Gasteiger partial charge in [0.2, 0.25) is 0 Å². The maximum atomic E-state index is 6.90. The SMILES string of the molecule is CCCC[N+](CCCC)(CCCC)C(CCC)C(CCC)OB(Oc1ccccc1)Oc1ccccc1. The molecule has 0 aliphatic carbocycles. The van der Waals surface area contributed by atoms with E-state index in [4.69, 9.17) is 14.0 Å². The van der Waals surface area contributed by atoms with Crippen molar-refractivity contribution >= 4 is 7.32 Å². The highest BCUT2D eigenvalue weighted by atomic mass is 16.7. The van der Waals surface area contributed by atoms with Crippen LogP contribution >= 0.6 is 0 Å². The summed E-state index contributed by atoms with van der Waals surface area (Å²) in [4.78, 5) is 0. The van der Waals surface area contributed by atoms with Crippen LogP contribution in [0, 0.1) is 0 Å². The largest absolute Gasteiger partial charge is 0.788 e. The van der Waals surface area contributed by atoms with E-state index in [0.717, 1.165) is 41.7 Å². The van der Waals surface area contributed by atoms with Gasteiger partial charge >= 0.3 is 7.32 Å². The van der Waals surface area contributed by atoms with E-state index in [1.807, 2.05) is 60.7 Å². The van der Waals surface area contributed by atoms with Crippen molar-refractivity contribution in [3.8, 4) is 11.5 Å². The Hall–Kier alpha value is -1.98. The molecule has 37 heavy (non-hydrogen) atoms. The third kappa shape index (κ3) is 10.7. The van der Waals surface area contributed by atoms with Gasteiger partial charge in [0.1, 0.15) is 17.5 Å². The Morgan fingerprint density at radius 1 is 0.595 bits per heavy atom. The second-order valence-electron chi connectivity index (χ2n) is 10.4. The molecule has 0 aliphatic heterocycles. The minimum Gasteiger partial charge on any atom is -0.501 e. The van der Waals surface area contributed by atoms with Crippen LogP contribution in [-0.2, 0) is 4.65 Å². The molecule has 0 spiro atoms. The first-order valence-corrected chi connectivity index (χ1v) is 15.1. The van der Waals surface area contributed by atoms with Gasteiger partial charge < -0.3 is 18.4 Å². The molecule has 0 heterocycles. The lowest BCUT2D eigenvalue weighted by atomic mass is 9.93. The summed E-state index contributed by atoms with van der Waals surface area (Å²) in [6.45, 7) is 15.2. The fourth-order valence-corrected chi connectivity index (χ4v) is 5.44. The molecule has 2 unspecified atom stereocenters. The summed E-state index contributed by atoms with van der Waals surface area (Å²) in [5, 5.41) is 0. The Labute approximate surface area is 228 Å². The van der Waals surface area contributed by atoms with Crippen molar-refractivity contribution in [2.45, 2.75) is 111 Å². The van der Waals surface area contributed by atoms with Crippen LogP contribution in [-0.4, -0.2) is 43.6 Å². The average Bonchev–Trinajstić information content (AvgIpc) is 2.92. The Morgan fingerprint density at radius 2 is 1.03 bits per heavy atom. The van der Waals surface area contributed by atoms with Crippen LogP contribution in [0.4, 0.5) is 0 Å². The van der Waals surface area contributed by atoms with E-state index in [1.165, 1.54) is 58.2 Å². The molecule has 2 aromatic carbocycles. The van der Waals surface area contributed by atoms with Gasteiger partial charge in [0.05, 0.1) is 25.7 Å². The summed E-state index contributed by atoms with van der Waals surface area (Å²) in [5.74, 6) is 1.52. The molecule has 0 amide bonds. The van der Waals surface area contributed by atoms with Gasteiger partial charge in [0.25, 0.3) is 0 Å².